The Morgan fingerprint density at radius 1 is 1.53 bits per heavy atom. The maximum atomic E-state index is 11.5. The molecule has 0 amide bonds. The lowest BCUT2D eigenvalue weighted by Gasteiger charge is -2.16. The second kappa shape index (κ2) is 6.10. The van der Waals surface area contributed by atoms with Crippen molar-refractivity contribution in [2.45, 2.75) is 26.9 Å². The van der Waals surface area contributed by atoms with Crippen molar-refractivity contribution in [1.82, 2.24) is 4.98 Å². The van der Waals surface area contributed by atoms with Gasteiger partial charge in [0, 0.05) is 14.8 Å². The minimum atomic E-state index is -1.29. The molecule has 0 aliphatic carbocycles. The summed E-state index contributed by atoms with van der Waals surface area (Å²) in [7, 11) is 0. The van der Waals surface area contributed by atoms with Gasteiger partial charge < -0.3 is 9.84 Å². The highest BCUT2D eigenvalue weighted by Crippen LogP contribution is 2.31. The number of hydrogen-bond acceptors (Lipinski definition) is 4. The second-order valence-electron chi connectivity index (χ2n) is 3.48. The van der Waals surface area contributed by atoms with E-state index in [1.807, 2.05) is 6.92 Å². The summed E-state index contributed by atoms with van der Waals surface area (Å²) in [5.41, 5.74) is 1.96. The maximum Gasteiger partial charge on any atom is 0.339 e. The van der Waals surface area contributed by atoms with Gasteiger partial charge in [-0.05, 0) is 59.3 Å². The van der Waals surface area contributed by atoms with Crippen molar-refractivity contribution in [3.63, 3.8) is 0 Å². The quantitative estimate of drug-likeness (QED) is 0.611. The second-order valence-corrected chi connectivity index (χ2v) is 5.35. The van der Waals surface area contributed by atoms with Crippen LogP contribution in [0.2, 0.25) is 0 Å². The van der Waals surface area contributed by atoms with Crippen LogP contribution in [0.4, 0.5) is 0 Å². The molecule has 1 atom stereocenters. The molecule has 0 bridgehead atoms. The molecule has 0 radical (unpaired) electrons. The number of carbonyl (C=O) groups excluding carboxylic acids is 1. The van der Waals surface area contributed by atoms with E-state index in [-0.39, 0.29) is 6.61 Å². The number of aliphatic hydroxyl groups is 1. The number of esters is 1. The SMILES string of the molecule is CCOC(=O)[C@@H](O)c1c(C)nc(C)c(Br)c1I. The van der Waals surface area contributed by atoms with Gasteiger partial charge in [-0.3, -0.25) is 4.98 Å². The van der Waals surface area contributed by atoms with E-state index < -0.39 is 12.1 Å². The average Bonchev–Trinajstić information content (AvgIpc) is 2.26. The van der Waals surface area contributed by atoms with Gasteiger partial charge in [-0.15, -0.1) is 0 Å². The monoisotopic (exact) mass is 413 g/mol. The molecule has 0 fully saturated rings. The summed E-state index contributed by atoms with van der Waals surface area (Å²) < 4.78 is 6.38. The summed E-state index contributed by atoms with van der Waals surface area (Å²) in [4.78, 5) is 15.8. The number of nitrogens with zero attached hydrogens (tertiary/aromatic N) is 1. The molecule has 0 saturated carbocycles. The van der Waals surface area contributed by atoms with E-state index in [0.717, 1.165) is 13.7 Å². The van der Waals surface area contributed by atoms with E-state index in [1.165, 1.54) is 0 Å². The minimum Gasteiger partial charge on any atom is -0.464 e. The Balaban J connectivity index is 3.22. The topological polar surface area (TPSA) is 59.4 Å². The van der Waals surface area contributed by atoms with Crippen molar-refractivity contribution in [3.05, 3.63) is 25.0 Å². The number of halogens is 2. The third kappa shape index (κ3) is 3.17. The lowest BCUT2D eigenvalue weighted by Crippen LogP contribution is -2.18. The van der Waals surface area contributed by atoms with Crippen LogP contribution < -0.4 is 0 Å². The van der Waals surface area contributed by atoms with E-state index in [2.05, 4.69) is 43.5 Å². The molecule has 0 aromatic carbocycles. The Bertz CT molecular complexity index is 451. The molecule has 0 aliphatic rings. The van der Waals surface area contributed by atoms with E-state index >= 15 is 0 Å². The minimum absolute atomic E-state index is 0.242. The lowest BCUT2D eigenvalue weighted by atomic mass is 10.1. The van der Waals surface area contributed by atoms with Crippen molar-refractivity contribution >= 4 is 44.5 Å². The third-order valence-electron chi connectivity index (χ3n) is 2.26. The van der Waals surface area contributed by atoms with Crippen LogP contribution in [0.15, 0.2) is 4.47 Å². The van der Waals surface area contributed by atoms with E-state index in [4.69, 9.17) is 4.74 Å². The fraction of sp³-hybridized carbons (Fsp3) is 0.455. The van der Waals surface area contributed by atoms with Crippen molar-refractivity contribution in [2.24, 2.45) is 0 Å². The number of ether oxygens (including phenoxy) is 1. The third-order valence-corrected chi connectivity index (χ3v) is 5.09. The highest BCUT2D eigenvalue weighted by Gasteiger charge is 2.25. The number of aryl methyl sites for hydroxylation is 2. The lowest BCUT2D eigenvalue weighted by molar-refractivity contribution is -0.153. The molecule has 0 aliphatic heterocycles. The molecule has 4 nitrogen and oxygen atoms in total. The van der Waals surface area contributed by atoms with Crippen LogP contribution in [-0.2, 0) is 9.53 Å². The summed E-state index contributed by atoms with van der Waals surface area (Å²) >= 11 is 5.47. The molecule has 17 heavy (non-hydrogen) atoms. The van der Waals surface area contributed by atoms with Gasteiger partial charge in [-0.2, -0.15) is 0 Å². The van der Waals surface area contributed by atoms with Crippen molar-refractivity contribution < 1.29 is 14.6 Å². The molecular weight excluding hydrogens is 401 g/mol. The Morgan fingerprint density at radius 3 is 2.65 bits per heavy atom. The fourth-order valence-electron chi connectivity index (χ4n) is 1.45. The van der Waals surface area contributed by atoms with Gasteiger partial charge in [-0.25, -0.2) is 4.79 Å². The average molecular weight is 414 g/mol. The zero-order valence-electron chi connectivity index (χ0n) is 9.75. The standard InChI is InChI=1S/C11H13BrINO3/c1-4-17-11(16)10(15)7-5(2)14-6(3)8(12)9(7)13/h10,15H,4H2,1-3H3/t10-/m0/s1. The largest absolute Gasteiger partial charge is 0.464 e. The molecular formula is C11H13BrINO3. The van der Waals surface area contributed by atoms with Crippen LogP contribution in [0.25, 0.3) is 0 Å². The van der Waals surface area contributed by atoms with Crippen molar-refractivity contribution in [3.8, 4) is 0 Å². The smallest absolute Gasteiger partial charge is 0.339 e. The zero-order chi connectivity index (χ0) is 13.2. The van der Waals surface area contributed by atoms with Crippen LogP contribution in [0.1, 0.15) is 30.0 Å². The predicted octanol–water partition coefficient (Wildman–Crippen LogP) is 2.66. The van der Waals surface area contributed by atoms with Gasteiger partial charge in [0.15, 0.2) is 6.10 Å². The Hall–Kier alpha value is -0.210. The molecule has 1 N–H and O–H groups in total. The number of rotatable bonds is 3. The zero-order valence-corrected chi connectivity index (χ0v) is 13.5. The summed E-state index contributed by atoms with van der Waals surface area (Å²) in [5, 5.41) is 9.96. The highest BCUT2D eigenvalue weighted by atomic mass is 127. The van der Waals surface area contributed by atoms with Crippen LogP contribution >= 0.6 is 38.5 Å². The summed E-state index contributed by atoms with van der Waals surface area (Å²) in [5.74, 6) is -0.647. The summed E-state index contributed by atoms with van der Waals surface area (Å²) in [6, 6.07) is 0. The molecule has 0 spiro atoms. The Kier molecular flexibility index (Phi) is 5.33. The first-order valence-corrected chi connectivity index (χ1v) is 6.94. The van der Waals surface area contributed by atoms with Gasteiger partial charge in [0.2, 0.25) is 0 Å². The first-order valence-electron chi connectivity index (χ1n) is 5.06. The van der Waals surface area contributed by atoms with Crippen LogP contribution in [0, 0.1) is 17.4 Å². The predicted molar refractivity (Wildman–Crippen MR) is 75.7 cm³/mol. The van der Waals surface area contributed by atoms with Gasteiger partial charge in [0.05, 0.1) is 16.8 Å². The van der Waals surface area contributed by atoms with Crippen LogP contribution in [0.3, 0.4) is 0 Å². The highest BCUT2D eigenvalue weighted by molar-refractivity contribution is 14.1. The van der Waals surface area contributed by atoms with Crippen molar-refractivity contribution in [1.29, 1.82) is 0 Å². The van der Waals surface area contributed by atoms with Gasteiger partial charge in [0.1, 0.15) is 0 Å². The van der Waals surface area contributed by atoms with Gasteiger partial charge >= 0.3 is 5.97 Å². The van der Waals surface area contributed by atoms with Crippen LogP contribution in [-0.4, -0.2) is 22.7 Å². The number of carbonyl (C=O) groups is 1. The Labute approximate surface area is 122 Å². The molecule has 6 heteroatoms. The number of aromatic nitrogens is 1. The molecule has 1 aromatic heterocycles. The van der Waals surface area contributed by atoms with Crippen LogP contribution in [0.5, 0.6) is 0 Å². The molecule has 0 unspecified atom stereocenters. The first-order chi connectivity index (χ1) is 7.90. The summed E-state index contributed by atoms with van der Waals surface area (Å²) in [6.45, 7) is 5.57. The van der Waals surface area contributed by atoms with Crippen molar-refractivity contribution in [2.75, 3.05) is 6.61 Å². The molecule has 1 rings (SSSR count). The number of pyridine rings is 1. The molecule has 94 valence electrons. The molecule has 1 aromatic rings. The Morgan fingerprint density at radius 2 is 2.12 bits per heavy atom. The summed E-state index contributed by atoms with van der Waals surface area (Å²) in [6.07, 6.45) is -1.29. The van der Waals surface area contributed by atoms with E-state index in [0.29, 0.717) is 11.3 Å². The fourth-order valence-corrected chi connectivity index (χ4v) is 2.83. The van der Waals surface area contributed by atoms with E-state index in [9.17, 15) is 9.90 Å². The van der Waals surface area contributed by atoms with Gasteiger partial charge in [-0.1, -0.05) is 0 Å². The van der Waals surface area contributed by atoms with Gasteiger partial charge in [0.25, 0.3) is 0 Å². The maximum absolute atomic E-state index is 11.5. The number of aliphatic hydroxyl groups excluding tert-OH is 1. The normalized spacial score (nSPS) is 12.4. The molecule has 0 saturated heterocycles. The number of hydrogen-bond donors (Lipinski definition) is 1. The van der Waals surface area contributed by atoms with E-state index in [1.54, 1.807) is 13.8 Å². The molecule has 1 heterocycles. The first kappa shape index (κ1) is 14.8.